The number of methoxy groups -OCH3 is 1. The Balaban J connectivity index is 2.18. The second-order valence-electron chi connectivity index (χ2n) is 4.94. The van der Waals surface area contributed by atoms with Crippen LogP contribution in [0, 0.1) is 17.6 Å². The van der Waals surface area contributed by atoms with Gasteiger partial charge in [0.05, 0.1) is 13.2 Å². The Morgan fingerprint density at radius 2 is 1.85 bits per heavy atom. The van der Waals surface area contributed by atoms with Crippen LogP contribution < -0.4 is 9.47 Å². The van der Waals surface area contributed by atoms with Crippen molar-refractivity contribution in [2.24, 2.45) is 5.92 Å². The number of halogens is 2. The third-order valence-electron chi connectivity index (χ3n) is 3.65. The Morgan fingerprint density at radius 1 is 1.20 bits per heavy atom. The van der Waals surface area contributed by atoms with Crippen molar-refractivity contribution in [2.45, 2.75) is 31.5 Å². The highest BCUT2D eigenvalue weighted by molar-refractivity contribution is 5.41. The third kappa shape index (κ3) is 3.02. The van der Waals surface area contributed by atoms with Gasteiger partial charge in [-0.15, -0.1) is 0 Å². The molecular formula is C14H18F2O4. The molecule has 1 aliphatic carbocycles. The Hall–Kier alpha value is -1.40. The van der Waals surface area contributed by atoms with Crippen molar-refractivity contribution in [3.63, 3.8) is 0 Å². The van der Waals surface area contributed by atoms with Crippen LogP contribution in [-0.4, -0.2) is 36.1 Å². The van der Waals surface area contributed by atoms with E-state index in [9.17, 15) is 19.0 Å². The van der Waals surface area contributed by atoms with Crippen molar-refractivity contribution >= 4 is 0 Å². The van der Waals surface area contributed by atoms with Gasteiger partial charge in [-0.1, -0.05) is 0 Å². The first-order chi connectivity index (χ1) is 9.56. The van der Waals surface area contributed by atoms with E-state index >= 15 is 0 Å². The molecule has 1 fully saturated rings. The minimum atomic E-state index is -1.04. The van der Waals surface area contributed by atoms with Crippen LogP contribution in [0.15, 0.2) is 12.1 Å². The molecule has 20 heavy (non-hydrogen) atoms. The fourth-order valence-corrected chi connectivity index (χ4v) is 2.48. The lowest BCUT2D eigenvalue weighted by atomic mass is 9.85. The summed E-state index contributed by atoms with van der Waals surface area (Å²) >= 11 is 0. The molecule has 2 rings (SSSR count). The highest BCUT2D eigenvalue weighted by atomic mass is 19.2. The number of hydrogen-bond donors (Lipinski definition) is 2. The molecule has 0 saturated heterocycles. The van der Waals surface area contributed by atoms with Gasteiger partial charge in [0.2, 0.25) is 0 Å². The van der Waals surface area contributed by atoms with Gasteiger partial charge in [0.25, 0.3) is 0 Å². The monoisotopic (exact) mass is 288 g/mol. The van der Waals surface area contributed by atoms with Crippen LogP contribution >= 0.6 is 0 Å². The summed E-state index contributed by atoms with van der Waals surface area (Å²) in [6.45, 7) is -0.129. The highest BCUT2D eigenvalue weighted by Gasteiger charge is 2.33. The van der Waals surface area contributed by atoms with E-state index in [2.05, 4.69) is 0 Å². The van der Waals surface area contributed by atoms with Gasteiger partial charge < -0.3 is 19.7 Å². The number of benzene rings is 1. The molecule has 0 heterocycles. The summed E-state index contributed by atoms with van der Waals surface area (Å²) < 4.78 is 36.9. The maximum absolute atomic E-state index is 13.3. The molecule has 1 aromatic carbocycles. The van der Waals surface area contributed by atoms with Crippen molar-refractivity contribution in [2.75, 3.05) is 13.7 Å². The molecule has 0 aromatic heterocycles. The molecule has 0 spiro atoms. The van der Waals surface area contributed by atoms with Gasteiger partial charge in [-0.05, 0) is 19.3 Å². The van der Waals surface area contributed by atoms with E-state index < -0.39 is 23.8 Å². The zero-order valence-corrected chi connectivity index (χ0v) is 11.2. The summed E-state index contributed by atoms with van der Waals surface area (Å²) in [7, 11) is 1.33. The van der Waals surface area contributed by atoms with E-state index in [1.54, 1.807) is 0 Å². The van der Waals surface area contributed by atoms with Crippen LogP contribution in [0.5, 0.6) is 11.5 Å². The molecule has 1 unspecified atom stereocenters. The zero-order chi connectivity index (χ0) is 14.7. The first-order valence-electron chi connectivity index (χ1n) is 6.55. The Kier molecular flexibility index (Phi) is 4.77. The minimum Gasteiger partial charge on any atom is -0.493 e. The highest BCUT2D eigenvalue weighted by Crippen LogP contribution is 2.34. The molecule has 0 radical (unpaired) electrons. The summed E-state index contributed by atoms with van der Waals surface area (Å²) in [4.78, 5) is 0. The lowest BCUT2D eigenvalue weighted by Crippen LogP contribution is -2.42. The van der Waals surface area contributed by atoms with Gasteiger partial charge in [0.1, 0.15) is 6.10 Å². The van der Waals surface area contributed by atoms with Crippen molar-refractivity contribution in [1.29, 1.82) is 0 Å². The Morgan fingerprint density at radius 3 is 2.45 bits per heavy atom. The number of ether oxygens (including phenoxy) is 2. The van der Waals surface area contributed by atoms with E-state index in [4.69, 9.17) is 9.47 Å². The van der Waals surface area contributed by atoms with Gasteiger partial charge in [-0.25, -0.2) is 8.78 Å². The Bertz CT molecular complexity index is 467. The standard InChI is InChI=1S/C14H18F2O4/c1-19-12-5-9(15)10(16)6-13(12)20-11-4-2-3-8(7-17)14(11)18/h5-6,8,11,14,17-18H,2-4,7H2,1H3/t8-,11?,14-/m1/s1. The van der Waals surface area contributed by atoms with Gasteiger partial charge >= 0.3 is 0 Å². The fourth-order valence-electron chi connectivity index (χ4n) is 2.48. The minimum absolute atomic E-state index is 0.0500. The first-order valence-corrected chi connectivity index (χ1v) is 6.55. The Labute approximate surface area is 115 Å². The van der Waals surface area contributed by atoms with Crippen molar-refractivity contribution < 1.29 is 28.5 Å². The summed E-state index contributed by atoms with van der Waals surface area (Å²) in [5.41, 5.74) is 0. The maximum Gasteiger partial charge on any atom is 0.164 e. The normalized spacial score (nSPS) is 26.4. The molecule has 0 bridgehead atoms. The van der Waals surface area contributed by atoms with E-state index in [-0.39, 0.29) is 24.0 Å². The lowest BCUT2D eigenvalue weighted by molar-refractivity contribution is -0.0474. The predicted molar refractivity (Wildman–Crippen MR) is 67.8 cm³/mol. The average Bonchev–Trinajstić information content (AvgIpc) is 2.44. The number of aliphatic hydroxyl groups is 2. The summed E-state index contributed by atoms with van der Waals surface area (Å²) in [5.74, 6) is -2.20. The number of hydrogen-bond acceptors (Lipinski definition) is 4. The zero-order valence-electron chi connectivity index (χ0n) is 11.2. The molecule has 112 valence electrons. The summed E-state index contributed by atoms with van der Waals surface area (Å²) in [6, 6.07) is 1.81. The van der Waals surface area contributed by atoms with Crippen LogP contribution in [0.3, 0.4) is 0 Å². The van der Waals surface area contributed by atoms with Crippen molar-refractivity contribution in [1.82, 2.24) is 0 Å². The molecule has 0 aliphatic heterocycles. The first kappa shape index (κ1) is 15.0. The van der Waals surface area contributed by atoms with E-state index in [1.807, 2.05) is 0 Å². The quantitative estimate of drug-likeness (QED) is 0.888. The van der Waals surface area contributed by atoms with E-state index in [1.165, 1.54) is 7.11 Å². The molecule has 6 heteroatoms. The van der Waals surface area contributed by atoms with Gasteiger partial charge in [-0.3, -0.25) is 0 Å². The molecule has 1 aliphatic rings. The SMILES string of the molecule is COc1cc(F)c(F)cc1OC1CCC[C@H](CO)[C@H]1O. The molecule has 3 atom stereocenters. The van der Waals surface area contributed by atoms with Crippen LogP contribution in [0.25, 0.3) is 0 Å². The van der Waals surface area contributed by atoms with Gasteiger partial charge in [0.15, 0.2) is 23.1 Å². The topological polar surface area (TPSA) is 58.9 Å². The van der Waals surface area contributed by atoms with Crippen molar-refractivity contribution in [3.05, 3.63) is 23.8 Å². The van der Waals surface area contributed by atoms with Crippen LogP contribution in [0.1, 0.15) is 19.3 Å². The maximum atomic E-state index is 13.3. The largest absolute Gasteiger partial charge is 0.493 e. The molecule has 1 aromatic rings. The van der Waals surface area contributed by atoms with E-state index in [0.29, 0.717) is 12.8 Å². The molecule has 4 nitrogen and oxygen atoms in total. The molecule has 0 amide bonds. The van der Waals surface area contributed by atoms with Crippen LogP contribution in [0.4, 0.5) is 8.78 Å². The predicted octanol–water partition coefficient (Wildman–Crippen LogP) is 1.87. The molecule has 1 saturated carbocycles. The smallest absolute Gasteiger partial charge is 0.164 e. The summed E-state index contributed by atoms with van der Waals surface area (Å²) in [6.07, 6.45) is 0.678. The second kappa shape index (κ2) is 6.37. The lowest BCUT2D eigenvalue weighted by Gasteiger charge is -2.34. The van der Waals surface area contributed by atoms with Gasteiger partial charge in [0, 0.05) is 24.7 Å². The van der Waals surface area contributed by atoms with Gasteiger partial charge in [-0.2, -0.15) is 0 Å². The number of rotatable bonds is 4. The second-order valence-corrected chi connectivity index (χ2v) is 4.94. The van der Waals surface area contributed by atoms with E-state index in [0.717, 1.165) is 18.6 Å². The molecule has 2 N–H and O–H groups in total. The van der Waals surface area contributed by atoms with Crippen LogP contribution in [-0.2, 0) is 0 Å². The van der Waals surface area contributed by atoms with Crippen LogP contribution in [0.2, 0.25) is 0 Å². The summed E-state index contributed by atoms with van der Waals surface area (Å²) in [5, 5.41) is 19.3. The van der Waals surface area contributed by atoms with Crippen molar-refractivity contribution in [3.8, 4) is 11.5 Å². The third-order valence-corrected chi connectivity index (χ3v) is 3.65. The average molecular weight is 288 g/mol. The fraction of sp³-hybridized carbons (Fsp3) is 0.571. The number of aliphatic hydroxyl groups excluding tert-OH is 2. The molecular weight excluding hydrogens is 270 g/mol.